The topological polar surface area (TPSA) is 79.8 Å². The largest absolute Gasteiger partial charge is 0.330 e. The summed E-state index contributed by atoms with van der Waals surface area (Å²) in [6.07, 6.45) is 1.42. The Morgan fingerprint density at radius 1 is 1.27 bits per heavy atom. The first-order chi connectivity index (χ1) is 12.5. The number of nitrogens with one attached hydrogen (secondary N) is 2. The maximum absolute atomic E-state index is 12.0. The van der Waals surface area contributed by atoms with E-state index in [0.717, 1.165) is 11.3 Å². The van der Waals surface area contributed by atoms with Crippen LogP contribution in [0, 0.1) is 6.92 Å². The fourth-order valence-corrected chi connectivity index (χ4v) is 3.94. The van der Waals surface area contributed by atoms with Crippen molar-refractivity contribution in [1.29, 1.82) is 0 Å². The number of nitrogens with zero attached hydrogens (tertiary/aromatic N) is 3. The van der Waals surface area contributed by atoms with Crippen LogP contribution in [0.4, 0.5) is 16.6 Å². The van der Waals surface area contributed by atoms with Gasteiger partial charge in [0, 0.05) is 11.9 Å². The van der Waals surface area contributed by atoms with E-state index >= 15 is 0 Å². The molecule has 0 radical (unpaired) electrons. The highest BCUT2D eigenvalue weighted by molar-refractivity contribution is 8.01. The molecular formula is C16H13Cl2N5OS2. The van der Waals surface area contributed by atoms with Crippen LogP contribution < -0.4 is 10.6 Å². The van der Waals surface area contributed by atoms with E-state index in [1.807, 2.05) is 31.2 Å². The van der Waals surface area contributed by atoms with Crippen molar-refractivity contribution in [3.05, 3.63) is 52.1 Å². The number of halogens is 2. The lowest BCUT2D eigenvalue weighted by molar-refractivity contribution is -0.113. The zero-order valence-electron chi connectivity index (χ0n) is 13.5. The Labute approximate surface area is 168 Å². The van der Waals surface area contributed by atoms with Crippen molar-refractivity contribution in [2.45, 2.75) is 11.3 Å². The van der Waals surface area contributed by atoms with Crippen LogP contribution in [0.1, 0.15) is 5.56 Å². The van der Waals surface area contributed by atoms with E-state index in [1.54, 1.807) is 0 Å². The average Bonchev–Trinajstić information content (AvgIpc) is 3.05. The summed E-state index contributed by atoms with van der Waals surface area (Å²) in [5, 5.41) is 15.4. The lowest BCUT2D eigenvalue weighted by atomic mass is 10.2. The highest BCUT2D eigenvalue weighted by Crippen LogP contribution is 2.29. The molecule has 2 N–H and O–H groups in total. The van der Waals surface area contributed by atoms with Crippen molar-refractivity contribution in [2.24, 2.45) is 0 Å². The Bertz CT molecular complexity index is 935. The van der Waals surface area contributed by atoms with Crippen molar-refractivity contribution in [2.75, 3.05) is 16.4 Å². The summed E-state index contributed by atoms with van der Waals surface area (Å²) in [5.74, 6) is 0.204. The first-order valence-corrected chi connectivity index (χ1v) is 9.97. The number of carbonyl (C=O) groups excluding carboxylic acids is 1. The molecule has 1 aromatic carbocycles. The number of aromatic nitrogens is 3. The minimum atomic E-state index is -0.240. The van der Waals surface area contributed by atoms with Gasteiger partial charge in [-0.1, -0.05) is 64.5 Å². The molecule has 6 nitrogen and oxygen atoms in total. The summed E-state index contributed by atoms with van der Waals surface area (Å²) in [4.78, 5) is 16.0. The van der Waals surface area contributed by atoms with Crippen LogP contribution in [-0.2, 0) is 4.79 Å². The van der Waals surface area contributed by atoms with Crippen LogP contribution in [0.3, 0.4) is 0 Å². The monoisotopic (exact) mass is 425 g/mol. The van der Waals surface area contributed by atoms with Gasteiger partial charge < -0.3 is 10.6 Å². The predicted octanol–water partition coefficient (Wildman–Crippen LogP) is 5.02. The number of rotatable bonds is 6. The SMILES string of the molecule is Cc1ccccc1Nc1nnc(SCC(=O)Nc2ncc(Cl)cc2Cl)s1. The molecule has 3 aromatic rings. The minimum absolute atomic E-state index is 0.166. The molecule has 0 atom stereocenters. The molecule has 10 heteroatoms. The second-order valence-electron chi connectivity index (χ2n) is 5.13. The van der Waals surface area contributed by atoms with Crippen molar-refractivity contribution in [3.63, 3.8) is 0 Å². The normalized spacial score (nSPS) is 10.6. The number of para-hydroxylation sites is 1. The third-order valence-corrected chi connectivity index (χ3v) is 5.65. The molecule has 134 valence electrons. The average molecular weight is 426 g/mol. The third-order valence-electron chi connectivity index (χ3n) is 3.19. The Morgan fingerprint density at radius 2 is 2.08 bits per heavy atom. The van der Waals surface area contributed by atoms with Crippen LogP contribution in [-0.4, -0.2) is 26.8 Å². The molecule has 0 bridgehead atoms. The highest BCUT2D eigenvalue weighted by Gasteiger charge is 2.11. The van der Waals surface area contributed by atoms with Crippen molar-refractivity contribution < 1.29 is 4.79 Å². The van der Waals surface area contributed by atoms with Gasteiger partial charge in [0.15, 0.2) is 10.2 Å². The minimum Gasteiger partial charge on any atom is -0.330 e. The molecule has 2 aromatic heterocycles. The highest BCUT2D eigenvalue weighted by atomic mass is 35.5. The van der Waals surface area contributed by atoms with Crippen LogP contribution in [0.25, 0.3) is 0 Å². The van der Waals surface area contributed by atoms with E-state index in [9.17, 15) is 4.79 Å². The number of pyridine rings is 1. The number of thioether (sulfide) groups is 1. The van der Waals surface area contributed by atoms with E-state index in [-0.39, 0.29) is 22.5 Å². The summed E-state index contributed by atoms with van der Waals surface area (Å²) < 4.78 is 0.686. The molecule has 0 aliphatic carbocycles. The summed E-state index contributed by atoms with van der Waals surface area (Å²) in [6, 6.07) is 9.43. The van der Waals surface area contributed by atoms with Gasteiger partial charge in [-0.2, -0.15) is 0 Å². The number of hydrogen-bond acceptors (Lipinski definition) is 7. The maximum Gasteiger partial charge on any atom is 0.236 e. The second-order valence-corrected chi connectivity index (χ2v) is 8.18. The molecule has 0 saturated carbocycles. The Morgan fingerprint density at radius 3 is 2.85 bits per heavy atom. The number of aryl methyl sites for hydroxylation is 1. The van der Waals surface area contributed by atoms with Crippen LogP contribution in [0.2, 0.25) is 10.0 Å². The third kappa shape index (κ3) is 5.07. The zero-order chi connectivity index (χ0) is 18.5. The lowest BCUT2D eigenvalue weighted by Gasteiger charge is -2.05. The standard InChI is InChI=1S/C16H13Cl2N5OS2/c1-9-4-2-3-5-12(9)20-15-22-23-16(26-15)25-8-13(24)21-14-11(18)6-10(17)7-19-14/h2-7H,8H2,1H3,(H,20,22)(H,19,21,24). The molecule has 3 rings (SSSR count). The number of hydrogen-bond donors (Lipinski definition) is 2. The number of benzene rings is 1. The molecule has 0 saturated heterocycles. The van der Waals surface area contributed by atoms with Crippen molar-refractivity contribution in [3.8, 4) is 0 Å². The quantitative estimate of drug-likeness (QED) is 0.539. The zero-order valence-corrected chi connectivity index (χ0v) is 16.6. The Hall–Kier alpha value is -1.87. The molecule has 26 heavy (non-hydrogen) atoms. The van der Waals surface area contributed by atoms with Gasteiger partial charge in [0.05, 0.1) is 15.8 Å². The molecular weight excluding hydrogens is 413 g/mol. The lowest BCUT2D eigenvalue weighted by Crippen LogP contribution is -2.15. The number of carbonyl (C=O) groups is 1. The van der Waals surface area contributed by atoms with E-state index in [4.69, 9.17) is 23.2 Å². The molecule has 0 aliphatic heterocycles. The summed E-state index contributed by atoms with van der Waals surface area (Å²) in [7, 11) is 0. The van der Waals surface area contributed by atoms with Crippen LogP contribution in [0.5, 0.6) is 0 Å². The Kier molecular flexibility index (Phi) is 6.31. The predicted molar refractivity (Wildman–Crippen MR) is 108 cm³/mol. The summed E-state index contributed by atoms with van der Waals surface area (Å²) >= 11 is 14.4. The van der Waals surface area contributed by atoms with Gasteiger partial charge in [-0.05, 0) is 24.6 Å². The fraction of sp³-hybridized carbons (Fsp3) is 0.125. The van der Waals surface area contributed by atoms with Crippen LogP contribution in [0.15, 0.2) is 40.9 Å². The maximum atomic E-state index is 12.0. The first kappa shape index (κ1) is 18.9. The van der Waals surface area contributed by atoms with Crippen molar-refractivity contribution in [1.82, 2.24) is 15.2 Å². The van der Waals surface area contributed by atoms with E-state index in [1.165, 1.54) is 35.4 Å². The van der Waals surface area contributed by atoms with Gasteiger partial charge in [0.1, 0.15) is 0 Å². The number of amides is 1. The molecule has 0 spiro atoms. The molecule has 2 heterocycles. The summed E-state index contributed by atoms with van der Waals surface area (Å²) in [6.45, 7) is 2.01. The second kappa shape index (κ2) is 8.68. The van der Waals surface area contributed by atoms with Gasteiger partial charge in [0.25, 0.3) is 0 Å². The van der Waals surface area contributed by atoms with Crippen LogP contribution >= 0.6 is 46.3 Å². The Balaban J connectivity index is 1.54. The smallest absolute Gasteiger partial charge is 0.236 e. The van der Waals surface area contributed by atoms with Gasteiger partial charge in [-0.3, -0.25) is 4.79 Å². The number of anilines is 3. The summed E-state index contributed by atoms with van der Waals surface area (Å²) in [5.41, 5.74) is 2.09. The van der Waals surface area contributed by atoms with Gasteiger partial charge in [0.2, 0.25) is 11.0 Å². The molecule has 0 unspecified atom stereocenters. The molecule has 0 fully saturated rings. The van der Waals surface area contributed by atoms with E-state index < -0.39 is 0 Å². The van der Waals surface area contributed by atoms with Gasteiger partial charge >= 0.3 is 0 Å². The molecule has 0 aliphatic rings. The van der Waals surface area contributed by atoms with E-state index in [2.05, 4.69) is 25.8 Å². The fourth-order valence-electron chi connectivity index (χ4n) is 1.95. The molecule has 1 amide bonds. The van der Waals surface area contributed by atoms with E-state index in [0.29, 0.717) is 14.5 Å². The van der Waals surface area contributed by atoms with Gasteiger partial charge in [-0.15, -0.1) is 10.2 Å². The van der Waals surface area contributed by atoms with Crippen molar-refractivity contribution >= 4 is 68.8 Å². The van der Waals surface area contributed by atoms with Gasteiger partial charge in [-0.25, -0.2) is 4.98 Å². The first-order valence-electron chi connectivity index (χ1n) is 7.41.